The fourth-order valence-corrected chi connectivity index (χ4v) is 0.580. The van der Waals surface area contributed by atoms with Gasteiger partial charge in [0, 0.05) is 6.21 Å². The van der Waals surface area contributed by atoms with E-state index in [1.54, 1.807) is 13.1 Å². The number of aliphatic imine (C=N–C) groups is 1. The lowest BCUT2D eigenvalue weighted by molar-refractivity contribution is 0.199. The van der Waals surface area contributed by atoms with E-state index in [0.29, 0.717) is 5.70 Å². The Labute approximate surface area is 53.4 Å². The Balaban J connectivity index is 2.81. The van der Waals surface area contributed by atoms with Crippen molar-refractivity contribution < 1.29 is 5.21 Å². The maximum absolute atomic E-state index is 8.38. The lowest BCUT2D eigenvalue weighted by Crippen LogP contribution is -2.04. The minimum absolute atomic E-state index is 0.667. The van der Waals surface area contributed by atoms with Crippen LogP contribution in [0.15, 0.2) is 28.5 Å². The summed E-state index contributed by atoms with van der Waals surface area (Å²) in [6.07, 6.45) is 5.31. The molecule has 0 fully saturated rings. The van der Waals surface area contributed by atoms with Crippen molar-refractivity contribution in [2.75, 3.05) is 0 Å². The third kappa shape index (κ3) is 1.17. The molecule has 0 aromatic heterocycles. The molecule has 0 atom stereocenters. The van der Waals surface area contributed by atoms with Gasteiger partial charge in [0.05, 0.1) is 11.4 Å². The van der Waals surface area contributed by atoms with Gasteiger partial charge in [-0.2, -0.15) is 0 Å². The third-order valence-corrected chi connectivity index (χ3v) is 1.11. The van der Waals surface area contributed by atoms with E-state index < -0.39 is 0 Å². The standard InChI is InChI=1S/C6H8N2O/c1-5(8-9)6-3-2-4-7-6/h2-4,8-9H,1H3. The molecule has 0 saturated heterocycles. The van der Waals surface area contributed by atoms with Crippen LogP contribution >= 0.6 is 0 Å². The summed E-state index contributed by atoms with van der Waals surface area (Å²) in [5.74, 6) is 0. The molecule has 1 aliphatic rings. The molecule has 0 unspecified atom stereocenters. The second kappa shape index (κ2) is 2.46. The second-order valence-electron chi connectivity index (χ2n) is 1.76. The first kappa shape index (κ1) is 6.04. The normalized spacial score (nSPS) is 20.7. The first-order chi connectivity index (χ1) is 4.34. The Kier molecular flexibility index (Phi) is 1.65. The summed E-state index contributed by atoms with van der Waals surface area (Å²) in [5.41, 5.74) is 3.46. The molecule has 2 N–H and O–H groups in total. The van der Waals surface area contributed by atoms with E-state index in [1.807, 2.05) is 17.6 Å². The summed E-state index contributed by atoms with van der Waals surface area (Å²) in [7, 11) is 0. The Bertz CT molecular complexity index is 177. The highest BCUT2D eigenvalue weighted by molar-refractivity contribution is 5.77. The molecule has 0 radical (unpaired) electrons. The fourth-order valence-electron chi connectivity index (χ4n) is 0.580. The number of hydrogen-bond acceptors (Lipinski definition) is 3. The van der Waals surface area contributed by atoms with Crippen LogP contribution in [0.2, 0.25) is 0 Å². The number of hydrogen-bond donors (Lipinski definition) is 2. The zero-order valence-electron chi connectivity index (χ0n) is 5.13. The van der Waals surface area contributed by atoms with Gasteiger partial charge in [-0.25, -0.2) is 0 Å². The maximum atomic E-state index is 8.38. The molecular weight excluding hydrogens is 116 g/mol. The number of rotatable bonds is 1. The van der Waals surface area contributed by atoms with E-state index in [1.165, 1.54) is 0 Å². The zero-order valence-corrected chi connectivity index (χ0v) is 5.13. The van der Waals surface area contributed by atoms with Gasteiger partial charge in [-0.05, 0) is 19.1 Å². The molecule has 0 aromatic carbocycles. The summed E-state index contributed by atoms with van der Waals surface area (Å²) in [4.78, 5) is 3.93. The van der Waals surface area contributed by atoms with Gasteiger partial charge in [-0.1, -0.05) is 0 Å². The summed E-state index contributed by atoms with van der Waals surface area (Å²) >= 11 is 0. The number of hydroxylamine groups is 1. The van der Waals surface area contributed by atoms with Gasteiger partial charge < -0.3 is 0 Å². The Morgan fingerprint density at radius 3 is 3.00 bits per heavy atom. The molecule has 0 amide bonds. The van der Waals surface area contributed by atoms with E-state index >= 15 is 0 Å². The van der Waals surface area contributed by atoms with Crippen LogP contribution < -0.4 is 5.48 Å². The van der Waals surface area contributed by atoms with E-state index in [9.17, 15) is 0 Å². The summed E-state index contributed by atoms with van der Waals surface area (Å²) in [5, 5.41) is 8.38. The molecule has 3 heteroatoms. The van der Waals surface area contributed by atoms with E-state index in [0.717, 1.165) is 5.70 Å². The molecule has 3 nitrogen and oxygen atoms in total. The highest BCUT2D eigenvalue weighted by atomic mass is 16.5. The molecule has 0 aromatic rings. The first-order valence-electron chi connectivity index (χ1n) is 2.66. The van der Waals surface area contributed by atoms with Gasteiger partial charge in [0.25, 0.3) is 0 Å². The van der Waals surface area contributed by atoms with E-state index in [-0.39, 0.29) is 0 Å². The van der Waals surface area contributed by atoms with Crippen molar-refractivity contribution in [3.63, 3.8) is 0 Å². The van der Waals surface area contributed by atoms with Crippen molar-refractivity contribution in [2.24, 2.45) is 4.99 Å². The number of nitrogens with zero attached hydrogens (tertiary/aromatic N) is 1. The number of allylic oxidation sites excluding steroid dienone is 3. The Morgan fingerprint density at radius 2 is 2.56 bits per heavy atom. The molecule has 1 rings (SSSR count). The van der Waals surface area contributed by atoms with Crippen LogP contribution in [0.5, 0.6) is 0 Å². The topological polar surface area (TPSA) is 44.6 Å². The van der Waals surface area contributed by atoms with Gasteiger partial charge in [0.1, 0.15) is 0 Å². The van der Waals surface area contributed by atoms with Crippen LogP contribution in [0.4, 0.5) is 0 Å². The van der Waals surface area contributed by atoms with Crippen LogP contribution in [0.3, 0.4) is 0 Å². The van der Waals surface area contributed by atoms with Crippen LogP contribution in [0, 0.1) is 0 Å². The van der Waals surface area contributed by atoms with Gasteiger partial charge >= 0.3 is 0 Å². The molecule has 48 valence electrons. The SMILES string of the molecule is CC(NO)=C1C=CC=N1. The van der Waals surface area contributed by atoms with Gasteiger partial charge in [-0.15, -0.1) is 0 Å². The molecule has 0 bridgehead atoms. The van der Waals surface area contributed by atoms with Crippen LogP contribution in [-0.4, -0.2) is 11.4 Å². The first-order valence-corrected chi connectivity index (χ1v) is 2.66. The molecule has 0 spiro atoms. The van der Waals surface area contributed by atoms with Gasteiger partial charge in [0.2, 0.25) is 0 Å². The van der Waals surface area contributed by atoms with Crippen molar-refractivity contribution in [3.8, 4) is 0 Å². The highest BCUT2D eigenvalue weighted by Crippen LogP contribution is 2.07. The van der Waals surface area contributed by atoms with Gasteiger partial charge in [-0.3, -0.25) is 15.7 Å². The predicted molar refractivity (Wildman–Crippen MR) is 35.3 cm³/mol. The van der Waals surface area contributed by atoms with Crippen molar-refractivity contribution >= 4 is 6.21 Å². The molecule has 0 saturated carbocycles. The van der Waals surface area contributed by atoms with Crippen molar-refractivity contribution in [1.29, 1.82) is 0 Å². The maximum Gasteiger partial charge on any atom is 0.0839 e. The molecule has 1 aliphatic heterocycles. The molecule has 0 aliphatic carbocycles. The monoisotopic (exact) mass is 124 g/mol. The Hall–Kier alpha value is -1.09. The lowest BCUT2D eigenvalue weighted by Gasteiger charge is -1.96. The second-order valence-corrected chi connectivity index (χ2v) is 1.76. The highest BCUT2D eigenvalue weighted by Gasteiger charge is 1.96. The predicted octanol–water partition coefficient (Wildman–Crippen LogP) is 0.837. The third-order valence-electron chi connectivity index (χ3n) is 1.11. The zero-order chi connectivity index (χ0) is 6.69. The van der Waals surface area contributed by atoms with Crippen LogP contribution in [0.25, 0.3) is 0 Å². The van der Waals surface area contributed by atoms with Crippen molar-refractivity contribution in [3.05, 3.63) is 23.5 Å². The number of nitrogens with one attached hydrogen (secondary N) is 1. The molecule has 1 heterocycles. The average molecular weight is 124 g/mol. The van der Waals surface area contributed by atoms with E-state index in [4.69, 9.17) is 5.21 Å². The van der Waals surface area contributed by atoms with Gasteiger partial charge in [0.15, 0.2) is 0 Å². The Morgan fingerprint density at radius 1 is 1.78 bits per heavy atom. The smallest absolute Gasteiger partial charge is 0.0839 e. The fraction of sp³-hybridized carbons (Fsp3) is 0.167. The van der Waals surface area contributed by atoms with Crippen LogP contribution in [0.1, 0.15) is 6.92 Å². The molecular formula is C6H8N2O. The average Bonchev–Trinajstić information content (AvgIpc) is 2.37. The lowest BCUT2D eigenvalue weighted by atomic mass is 10.3. The summed E-state index contributed by atoms with van der Waals surface area (Å²) in [6, 6.07) is 0. The molecule has 9 heavy (non-hydrogen) atoms. The van der Waals surface area contributed by atoms with Crippen molar-refractivity contribution in [2.45, 2.75) is 6.92 Å². The summed E-state index contributed by atoms with van der Waals surface area (Å²) in [6.45, 7) is 1.75. The van der Waals surface area contributed by atoms with Crippen LogP contribution in [-0.2, 0) is 0 Å². The quantitative estimate of drug-likeness (QED) is 0.509. The van der Waals surface area contributed by atoms with Crippen molar-refractivity contribution in [1.82, 2.24) is 5.48 Å². The minimum atomic E-state index is 0.667. The largest absolute Gasteiger partial charge is 0.291 e. The van der Waals surface area contributed by atoms with E-state index in [2.05, 4.69) is 4.99 Å². The minimum Gasteiger partial charge on any atom is -0.291 e. The summed E-state index contributed by atoms with van der Waals surface area (Å²) < 4.78 is 0.